The Morgan fingerprint density at radius 3 is 2.21 bits per heavy atom. The Labute approximate surface area is 143 Å². The summed E-state index contributed by atoms with van der Waals surface area (Å²) in [6.45, 7) is 0. The first kappa shape index (κ1) is 16.0. The number of carbonyl (C=O) groups excluding carboxylic acids is 3. The summed E-state index contributed by atoms with van der Waals surface area (Å²) in [4.78, 5) is 35.0. The second-order valence-corrected chi connectivity index (χ2v) is 6.10. The number of nitrogens with one attached hydrogen (secondary N) is 1. The van der Waals surface area contributed by atoms with Gasteiger partial charge in [-0.15, -0.1) is 0 Å². The highest BCUT2D eigenvalue weighted by Gasteiger charge is 2.24. The monoisotopic (exact) mass is 335 g/mol. The average Bonchev–Trinajstić information content (AvgIpc) is 2.92. The molecule has 0 bridgehead atoms. The van der Waals surface area contributed by atoms with Crippen molar-refractivity contribution < 1.29 is 14.4 Å². The summed E-state index contributed by atoms with van der Waals surface area (Å²) in [6.07, 6.45) is 4.93. The van der Waals surface area contributed by atoms with E-state index in [2.05, 4.69) is 5.32 Å². The van der Waals surface area contributed by atoms with E-state index >= 15 is 0 Å². The maximum absolute atomic E-state index is 12.0. The van der Waals surface area contributed by atoms with E-state index in [-0.39, 0.29) is 16.9 Å². The molecule has 2 amide bonds. The van der Waals surface area contributed by atoms with Crippen molar-refractivity contribution in [2.75, 3.05) is 0 Å². The Balaban J connectivity index is 1.70. The first-order chi connectivity index (χ1) is 11.6. The second-order valence-electron chi connectivity index (χ2n) is 5.08. The van der Waals surface area contributed by atoms with Crippen LogP contribution in [-0.4, -0.2) is 16.9 Å². The minimum Gasteiger partial charge on any atom is -0.289 e. The van der Waals surface area contributed by atoms with Crippen molar-refractivity contribution in [3.63, 3.8) is 0 Å². The average molecular weight is 335 g/mol. The highest BCUT2D eigenvalue weighted by Crippen LogP contribution is 2.25. The second kappa shape index (κ2) is 7.10. The minimum atomic E-state index is -0.373. The molecule has 1 aliphatic rings. The molecule has 2 aromatic rings. The largest absolute Gasteiger partial charge is 0.290 e. The Hall–Kier alpha value is -2.92. The lowest BCUT2D eigenvalue weighted by atomic mass is 10.1. The topological polar surface area (TPSA) is 63.2 Å². The number of rotatable bonds is 4. The zero-order valence-corrected chi connectivity index (χ0v) is 13.4. The van der Waals surface area contributed by atoms with E-state index < -0.39 is 0 Å². The summed E-state index contributed by atoms with van der Waals surface area (Å²) in [7, 11) is 0. The van der Waals surface area contributed by atoms with Crippen LogP contribution in [0.2, 0.25) is 0 Å². The van der Waals surface area contributed by atoms with E-state index in [1.54, 1.807) is 24.3 Å². The predicted molar refractivity (Wildman–Crippen MR) is 95.4 cm³/mol. The molecule has 1 aliphatic heterocycles. The molecule has 2 aromatic carbocycles. The number of thioether (sulfide) groups is 1. The van der Waals surface area contributed by atoms with Crippen molar-refractivity contribution in [1.82, 2.24) is 5.32 Å². The quantitative estimate of drug-likeness (QED) is 0.680. The molecule has 118 valence electrons. The number of amides is 2. The molecule has 0 radical (unpaired) electrons. The molecule has 0 aromatic heterocycles. The number of hydrogen-bond acceptors (Lipinski definition) is 4. The normalized spacial score (nSPS) is 15.9. The standard InChI is InChI=1S/C19H13NO3S/c21-16(15-4-2-1-3-5-15)11-10-13-6-8-14(9-7-13)12-17-18(22)20-19(23)24-17/h1-12H,(H,20,22,23)/b11-10+,17-12-. The van der Waals surface area contributed by atoms with Gasteiger partial charge in [-0.05, 0) is 35.0 Å². The van der Waals surface area contributed by atoms with E-state index in [0.29, 0.717) is 10.5 Å². The Morgan fingerprint density at radius 1 is 0.917 bits per heavy atom. The van der Waals surface area contributed by atoms with Gasteiger partial charge in [0.15, 0.2) is 5.78 Å². The Morgan fingerprint density at radius 2 is 1.58 bits per heavy atom. The number of ketones is 1. The van der Waals surface area contributed by atoms with Gasteiger partial charge in [0.1, 0.15) is 0 Å². The molecular weight excluding hydrogens is 322 g/mol. The van der Waals surface area contributed by atoms with Crippen LogP contribution >= 0.6 is 11.8 Å². The van der Waals surface area contributed by atoms with Gasteiger partial charge in [0.2, 0.25) is 0 Å². The van der Waals surface area contributed by atoms with Crippen LogP contribution in [0.25, 0.3) is 12.2 Å². The predicted octanol–water partition coefficient (Wildman–Crippen LogP) is 3.91. The van der Waals surface area contributed by atoms with E-state index in [9.17, 15) is 14.4 Å². The van der Waals surface area contributed by atoms with Gasteiger partial charge in [0.25, 0.3) is 11.1 Å². The molecular formula is C19H13NO3S. The molecule has 0 spiro atoms. The van der Waals surface area contributed by atoms with Crippen LogP contribution < -0.4 is 5.32 Å². The highest BCUT2D eigenvalue weighted by atomic mass is 32.2. The molecule has 1 saturated heterocycles. The summed E-state index contributed by atoms with van der Waals surface area (Å²) in [5, 5.41) is 1.86. The molecule has 3 rings (SSSR count). The zero-order valence-electron chi connectivity index (χ0n) is 12.6. The fraction of sp³-hybridized carbons (Fsp3) is 0. The maximum atomic E-state index is 12.0. The van der Waals surface area contributed by atoms with Crippen LogP contribution in [0.1, 0.15) is 21.5 Å². The van der Waals surface area contributed by atoms with Crippen LogP contribution in [0.3, 0.4) is 0 Å². The van der Waals surface area contributed by atoms with Gasteiger partial charge in [-0.2, -0.15) is 0 Å². The molecule has 0 aliphatic carbocycles. The number of allylic oxidation sites excluding steroid dienone is 1. The van der Waals surface area contributed by atoms with Crippen molar-refractivity contribution in [3.05, 3.63) is 82.3 Å². The fourth-order valence-electron chi connectivity index (χ4n) is 2.15. The third-order valence-electron chi connectivity index (χ3n) is 3.36. The third kappa shape index (κ3) is 3.88. The molecule has 1 N–H and O–H groups in total. The third-order valence-corrected chi connectivity index (χ3v) is 4.17. The molecule has 0 atom stereocenters. The lowest BCUT2D eigenvalue weighted by Gasteiger charge is -1.98. The van der Waals surface area contributed by atoms with E-state index in [1.807, 2.05) is 42.5 Å². The van der Waals surface area contributed by atoms with Gasteiger partial charge in [0.05, 0.1) is 4.91 Å². The first-order valence-electron chi connectivity index (χ1n) is 7.24. The Kier molecular flexibility index (Phi) is 4.72. The first-order valence-corrected chi connectivity index (χ1v) is 8.06. The van der Waals surface area contributed by atoms with Gasteiger partial charge in [-0.1, -0.05) is 60.7 Å². The molecule has 4 nitrogen and oxygen atoms in total. The van der Waals surface area contributed by atoms with Crippen LogP contribution in [-0.2, 0) is 4.79 Å². The number of carbonyl (C=O) groups is 3. The van der Waals surface area contributed by atoms with E-state index in [1.165, 1.54) is 6.08 Å². The molecule has 0 unspecified atom stereocenters. The van der Waals surface area contributed by atoms with Crippen molar-refractivity contribution in [3.8, 4) is 0 Å². The molecule has 1 fully saturated rings. The molecule has 24 heavy (non-hydrogen) atoms. The summed E-state index contributed by atoms with van der Waals surface area (Å²) < 4.78 is 0. The lowest BCUT2D eigenvalue weighted by molar-refractivity contribution is -0.115. The smallest absolute Gasteiger partial charge is 0.289 e. The van der Waals surface area contributed by atoms with Crippen LogP contribution in [0.15, 0.2) is 65.6 Å². The fourth-order valence-corrected chi connectivity index (χ4v) is 2.83. The van der Waals surface area contributed by atoms with Crippen LogP contribution in [0, 0.1) is 0 Å². The summed E-state index contributed by atoms with van der Waals surface area (Å²) in [5.74, 6) is -0.429. The molecule has 5 heteroatoms. The SMILES string of the molecule is O=C1NC(=O)/C(=C/c2ccc(/C=C/C(=O)c3ccccc3)cc2)S1. The van der Waals surface area contributed by atoms with Crippen molar-refractivity contribution in [2.45, 2.75) is 0 Å². The van der Waals surface area contributed by atoms with Gasteiger partial charge in [-0.3, -0.25) is 19.7 Å². The van der Waals surface area contributed by atoms with Crippen LogP contribution in [0.5, 0.6) is 0 Å². The minimum absolute atomic E-state index is 0.0562. The summed E-state index contributed by atoms with van der Waals surface area (Å²) in [6, 6.07) is 16.4. The molecule has 1 heterocycles. The van der Waals surface area contributed by atoms with E-state index in [4.69, 9.17) is 0 Å². The Bertz CT molecular complexity index is 852. The van der Waals surface area contributed by atoms with Crippen molar-refractivity contribution in [2.24, 2.45) is 0 Å². The maximum Gasteiger partial charge on any atom is 0.290 e. The number of hydrogen-bond donors (Lipinski definition) is 1. The lowest BCUT2D eigenvalue weighted by Crippen LogP contribution is -2.17. The highest BCUT2D eigenvalue weighted by molar-refractivity contribution is 8.18. The van der Waals surface area contributed by atoms with Crippen molar-refractivity contribution in [1.29, 1.82) is 0 Å². The number of imide groups is 1. The van der Waals surface area contributed by atoms with Gasteiger partial charge in [0, 0.05) is 5.56 Å². The summed E-state index contributed by atoms with van der Waals surface area (Å²) >= 11 is 0.887. The molecule has 0 saturated carbocycles. The summed E-state index contributed by atoms with van der Waals surface area (Å²) in [5.41, 5.74) is 2.33. The van der Waals surface area contributed by atoms with Crippen molar-refractivity contribution >= 4 is 40.8 Å². The van der Waals surface area contributed by atoms with Gasteiger partial charge >= 0.3 is 0 Å². The van der Waals surface area contributed by atoms with Gasteiger partial charge < -0.3 is 0 Å². The zero-order chi connectivity index (χ0) is 16.9. The van der Waals surface area contributed by atoms with E-state index in [0.717, 1.165) is 22.9 Å². The van der Waals surface area contributed by atoms with Crippen LogP contribution in [0.4, 0.5) is 4.79 Å². The number of benzene rings is 2. The van der Waals surface area contributed by atoms with Gasteiger partial charge in [-0.25, -0.2) is 0 Å².